The number of aromatic nitrogens is 2. The number of amides is 1. The van der Waals surface area contributed by atoms with Gasteiger partial charge in [0.2, 0.25) is 0 Å². The Kier molecular flexibility index (Phi) is 7.48. The molecular weight excluding hydrogens is 376 g/mol. The van der Waals surface area contributed by atoms with Crippen molar-refractivity contribution in [1.29, 1.82) is 0 Å². The number of benzene rings is 1. The molecule has 1 saturated heterocycles. The third-order valence-electron chi connectivity index (χ3n) is 5.04. The molecule has 1 aromatic carbocycles. The number of hydrogen-bond acceptors (Lipinski definition) is 4. The van der Waals surface area contributed by atoms with Gasteiger partial charge in [0, 0.05) is 19.6 Å². The topological polar surface area (TPSA) is 59.4 Å². The maximum Gasteiger partial charge on any atom is 0.256 e. The largest absolute Gasteiger partial charge is 0.379 e. The predicted octanol–water partition coefficient (Wildman–Crippen LogP) is 3.04. The lowest BCUT2D eigenvalue weighted by Crippen LogP contribution is -2.37. The van der Waals surface area contributed by atoms with Crippen LogP contribution in [0, 0.1) is 13.8 Å². The Bertz CT molecular complexity index is 782. The summed E-state index contributed by atoms with van der Waals surface area (Å²) in [4.78, 5) is 15.0. The highest BCUT2D eigenvalue weighted by Crippen LogP contribution is 2.21. The van der Waals surface area contributed by atoms with E-state index in [1.807, 2.05) is 6.92 Å². The van der Waals surface area contributed by atoms with Crippen molar-refractivity contribution in [3.05, 3.63) is 51.8 Å². The molecule has 1 aliphatic rings. The van der Waals surface area contributed by atoms with Crippen LogP contribution in [0.5, 0.6) is 0 Å². The fraction of sp³-hybridized carbons (Fsp3) is 0.524. The SMILES string of the molecule is Cc1ccc(Cn2nc(C)c(C(=O)NCCCCN3CCOCC3)c2Cl)cc1. The Morgan fingerprint density at radius 2 is 1.89 bits per heavy atom. The van der Waals surface area contributed by atoms with Gasteiger partial charge in [-0.25, -0.2) is 4.68 Å². The molecule has 0 radical (unpaired) electrons. The van der Waals surface area contributed by atoms with Gasteiger partial charge in [0.25, 0.3) is 5.91 Å². The molecule has 28 heavy (non-hydrogen) atoms. The second kappa shape index (κ2) is 10.0. The van der Waals surface area contributed by atoms with E-state index in [1.165, 1.54) is 5.56 Å². The summed E-state index contributed by atoms with van der Waals surface area (Å²) in [5, 5.41) is 7.84. The van der Waals surface area contributed by atoms with Crippen molar-refractivity contribution >= 4 is 17.5 Å². The lowest BCUT2D eigenvalue weighted by Gasteiger charge is -2.26. The first kappa shape index (κ1) is 20.8. The fourth-order valence-electron chi connectivity index (χ4n) is 3.36. The average molecular weight is 405 g/mol. The number of carbonyl (C=O) groups is 1. The zero-order chi connectivity index (χ0) is 19.9. The molecule has 1 N–H and O–H groups in total. The molecule has 0 atom stereocenters. The number of morpholine rings is 1. The molecule has 2 aromatic rings. The number of nitrogens with zero attached hydrogens (tertiary/aromatic N) is 3. The van der Waals surface area contributed by atoms with E-state index in [0.717, 1.165) is 51.3 Å². The van der Waals surface area contributed by atoms with Gasteiger partial charge in [-0.1, -0.05) is 41.4 Å². The molecule has 1 aliphatic heterocycles. The third kappa shape index (κ3) is 5.56. The van der Waals surface area contributed by atoms with Gasteiger partial charge in [0.1, 0.15) is 5.15 Å². The summed E-state index contributed by atoms with van der Waals surface area (Å²) in [5.41, 5.74) is 3.44. The zero-order valence-electron chi connectivity index (χ0n) is 16.7. The summed E-state index contributed by atoms with van der Waals surface area (Å²) in [6.45, 7) is 9.76. The van der Waals surface area contributed by atoms with Crippen LogP contribution in [-0.4, -0.2) is 60.0 Å². The summed E-state index contributed by atoms with van der Waals surface area (Å²) in [5.74, 6) is -0.149. The molecule has 1 aromatic heterocycles. The summed E-state index contributed by atoms with van der Waals surface area (Å²) >= 11 is 6.47. The minimum absolute atomic E-state index is 0.149. The number of rotatable bonds is 8. The summed E-state index contributed by atoms with van der Waals surface area (Å²) in [7, 11) is 0. The van der Waals surface area contributed by atoms with Crippen LogP contribution in [0.25, 0.3) is 0 Å². The minimum atomic E-state index is -0.149. The second-order valence-electron chi connectivity index (χ2n) is 7.31. The molecule has 0 aliphatic carbocycles. The molecule has 0 bridgehead atoms. The summed E-state index contributed by atoms with van der Waals surface area (Å²) < 4.78 is 7.04. The lowest BCUT2D eigenvalue weighted by molar-refractivity contribution is 0.0372. The highest BCUT2D eigenvalue weighted by Gasteiger charge is 2.20. The molecular formula is C21H29ClN4O2. The first-order chi connectivity index (χ1) is 13.5. The second-order valence-corrected chi connectivity index (χ2v) is 7.67. The van der Waals surface area contributed by atoms with Crippen molar-refractivity contribution in [1.82, 2.24) is 20.0 Å². The van der Waals surface area contributed by atoms with Crippen molar-refractivity contribution in [3.63, 3.8) is 0 Å². The Balaban J connectivity index is 1.49. The zero-order valence-corrected chi connectivity index (χ0v) is 17.5. The summed E-state index contributed by atoms with van der Waals surface area (Å²) in [6, 6.07) is 8.22. The van der Waals surface area contributed by atoms with Crippen LogP contribution in [0.2, 0.25) is 5.15 Å². The first-order valence-corrected chi connectivity index (χ1v) is 10.3. The lowest BCUT2D eigenvalue weighted by atomic mass is 10.1. The van der Waals surface area contributed by atoms with Crippen LogP contribution in [0.3, 0.4) is 0 Å². The Labute approximate surface area is 171 Å². The standard InChI is InChI=1S/C21H29ClN4O2/c1-16-5-7-18(8-6-16)15-26-20(22)19(17(2)24-26)21(27)23-9-3-4-10-25-11-13-28-14-12-25/h5-8H,3-4,9-15H2,1-2H3,(H,23,27). The fourth-order valence-corrected chi connectivity index (χ4v) is 3.68. The van der Waals surface area contributed by atoms with E-state index in [4.69, 9.17) is 16.3 Å². The Hall–Kier alpha value is -1.89. The van der Waals surface area contributed by atoms with Crippen LogP contribution in [0.4, 0.5) is 0 Å². The molecule has 6 nitrogen and oxygen atoms in total. The number of hydrogen-bond donors (Lipinski definition) is 1. The van der Waals surface area contributed by atoms with E-state index in [-0.39, 0.29) is 5.91 Å². The number of ether oxygens (including phenoxy) is 1. The number of unbranched alkanes of at least 4 members (excludes halogenated alkanes) is 1. The number of nitrogens with one attached hydrogen (secondary N) is 1. The van der Waals surface area contributed by atoms with Gasteiger partial charge in [0.15, 0.2) is 0 Å². The normalized spacial score (nSPS) is 15.0. The highest BCUT2D eigenvalue weighted by molar-refractivity contribution is 6.33. The monoisotopic (exact) mass is 404 g/mol. The number of aryl methyl sites for hydroxylation is 2. The van der Waals surface area contributed by atoms with Crippen LogP contribution in [-0.2, 0) is 11.3 Å². The molecule has 1 amide bonds. The molecule has 2 heterocycles. The van der Waals surface area contributed by atoms with Gasteiger partial charge in [-0.3, -0.25) is 9.69 Å². The van der Waals surface area contributed by atoms with Gasteiger partial charge < -0.3 is 10.1 Å². The molecule has 0 unspecified atom stereocenters. The van der Waals surface area contributed by atoms with Crippen molar-refractivity contribution in [2.75, 3.05) is 39.4 Å². The molecule has 1 fully saturated rings. The Morgan fingerprint density at radius 1 is 1.18 bits per heavy atom. The van der Waals surface area contributed by atoms with Crippen molar-refractivity contribution in [2.24, 2.45) is 0 Å². The third-order valence-corrected chi connectivity index (χ3v) is 5.42. The maximum atomic E-state index is 12.6. The van der Waals surface area contributed by atoms with E-state index in [1.54, 1.807) is 4.68 Å². The maximum absolute atomic E-state index is 12.6. The van der Waals surface area contributed by atoms with Gasteiger partial charge in [-0.05, 0) is 38.8 Å². The molecule has 7 heteroatoms. The molecule has 0 spiro atoms. The first-order valence-electron chi connectivity index (χ1n) is 9.91. The van der Waals surface area contributed by atoms with Gasteiger partial charge in [0.05, 0.1) is 31.0 Å². The smallest absolute Gasteiger partial charge is 0.256 e. The van der Waals surface area contributed by atoms with Crippen LogP contribution in [0.15, 0.2) is 24.3 Å². The quantitative estimate of drug-likeness (QED) is 0.687. The van der Waals surface area contributed by atoms with Crippen LogP contribution < -0.4 is 5.32 Å². The van der Waals surface area contributed by atoms with E-state index in [0.29, 0.717) is 29.5 Å². The number of halogens is 1. The molecule has 152 valence electrons. The van der Waals surface area contributed by atoms with Gasteiger partial charge >= 0.3 is 0 Å². The van der Waals surface area contributed by atoms with Crippen molar-refractivity contribution in [3.8, 4) is 0 Å². The number of carbonyl (C=O) groups excluding carboxylic acids is 1. The van der Waals surface area contributed by atoms with E-state index >= 15 is 0 Å². The molecule has 3 rings (SSSR count). The Morgan fingerprint density at radius 3 is 2.61 bits per heavy atom. The van der Waals surface area contributed by atoms with Crippen molar-refractivity contribution < 1.29 is 9.53 Å². The minimum Gasteiger partial charge on any atom is -0.379 e. The van der Waals surface area contributed by atoms with E-state index in [9.17, 15) is 4.79 Å². The molecule has 0 saturated carbocycles. The van der Waals surface area contributed by atoms with Gasteiger partial charge in [-0.2, -0.15) is 5.10 Å². The predicted molar refractivity (Wildman–Crippen MR) is 111 cm³/mol. The van der Waals surface area contributed by atoms with Crippen LogP contribution >= 0.6 is 11.6 Å². The summed E-state index contributed by atoms with van der Waals surface area (Å²) in [6.07, 6.45) is 2.00. The van der Waals surface area contributed by atoms with Gasteiger partial charge in [-0.15, -0.1) is 0 Å². The average Bonchev–Trinajstić information content (AvgIpc) is 2.97. The van der Waals surface area contributed by atoms with E-state index < -0.39 is 0 Å². The van der Waals surface area contributed by atoms with E-state index in [2.05, 4.69) is 46.5 Å². The van der Waals surface area contributed by atoms with Crippen LogP contribution in [0.1, 0.15) is 40.0 Å². The van der Waals surface area contributed by atoms with Crippen molar-refractivity contribution in [2.45, 2.75) is 33.2 Å². The highest BCUT2D eigenvalue weighted by atomic mass is 35.5.